The van der Waals surface area contributed by atoms with Crippen LogP contribution in [0.2, 0.25) is 0 Å². The van der Waals surface area contributed by atoms with E-state index in [9.17, 15) is 4.79 Å². The molecule has 9 nitrogen and oxygen atoms in total. The van der Waals surface area contributed by atoms with E-state index < -0.39 is 0 Å². The number of hydrogen-bond donors (Lipinski definition) is 0. The van der Waals surface area contributed by atoms with E-state index in [0.717, 1.165) is 34.4 Å². The van der Waals surface area contributed by atoms with E-state index in [0.29, 0.717) is 30.5 Å². The van der Waals surface area contributed by atoms with Gasteiger partial charge in [-0.3, -0.25) is 9.55 Å². The summed E-state index contributed by atoms with van der Waals surface area (Å²) in [4.78, 5) is 25.3. The van der Waals surface area contributed by atoms with Crippen molar-refractivity contribution in [2.45, 2.75) is 19.1 Å². The summed E-state index contributed by atoms with van der Waals surface area (Å²) >= 11 is 0. The van der Waals surface area contributed by atoms with Crippen molar-refractivity contribution in [3.8, 4) is 45.6 Å². The van der Waals surface area contributed by atoms with E-state index in [1.54, 1.807) is 36.2 Å². The van der Waals surface area contributed by atoms with Gasteiger partial charge in [-0.15, -0.1) is 0 Å². The molecule has 0 saturated heterocycles. The fraction of sp³-hybridized carbons (Fsp3) is 0.231. The number of aromatic nitrogens is 4. The van der Waals surface area contributed by atoms with E-state index in [-0.39, 0.29) is 24.3 Å². The van der Waals surface area contributed by atoms with Gasteiger partial charge >= 0.3 is 5.69 Å². The molecule has 0 radical (unpaired) electrons. The van der Waals surface area contributed by atoms with Crippen LogP contribution in [0.25, 0.3) is 22.4 Å². The van der Waals surface area contributed by atoms with Gasteiger partial charge in [0.25, 0.3) is 5.88 Å². The van der Waals surface area contributed by atoms with Crippen LogP contribution in [0.4, 0.5) is 0 Å². The van der Waals surface area contributed by atoms with Crippen LogP contribution in [0.15, 0.2) is 65.8 Å². The Kier molecular flexibility index (Phi) is 5.29. The van der Waals surface area contributed by atoms with Gasteiger partial charge in [0.05, 0.1) is 19.0 Å². The zero-order valence-corrected chi connectivity index (χ0v) is 19.0. The largest absolute Gasteiger partial charge is 0.495 e. The Labute approximate surface area is 200 Å². The van der Waals surface area contributed by atoms with Crippen LogP contribution < -0.4 is 24.6 Å². The number of fused-ring (bicyclic) bond motifs is 4. The Balaban J connectivity index is 1.25. The Hall–Kier alpha value is -4.40. The summed E-state index contributed by atoms with van der Waals surface area (Å²) in [5.74, 6) is 2.00. The summed E-state index contributed by atoms with van der Waals surface area (Å²) in [5, 5.41) is 0. The first kappa shape index (κ1) is 21.2. The molecule has 0 spiro atoms. The molecule has 1 atom stereocenters. The van der Waals surface area contributed by atoms with Crippen molar-refractivity contribution >= 4 is 0 Å². The number of hydrogen-bond acceptors (Lipinski definition) is 8. The molecule has 176 valence electrons. The third-order valence-electron chi connectivity index (χ3n) is 6.11. The molecule has 0 N–H and O–H groups in total. The molecular formula is C26H22N4O5. The first-order valence-electron chi connectivity index (χ1n) is 11.3. The van der Waals surface area contributed by atoms with Crippen LogP contribution in [0, 0.1) is 0 Å². The molecule has 0 saturated carbocycles. The van der Waals surface area contributed by atoms with Crippen LogP contribution in [-0.2, 0) is 13.0 Å². The highest BCUT2D eigenvalue weighted by Gasteiger charge is 2.24. The summed E-state index contributed by atoms with van der Waals surface area (Å²) in [6.45, 7) is 1.05. The molecule has 0 bridgehead atoms. The maximum Gasteiger partial charge on any atom is 0.351 e. The molecule has 9 heteroatoms. The normalized spacial score (nSPS) is 15.6. The molecule has 2 aliphatic heterocycles. The standard InChI is InChI=1S/C26H22N4O5/c1-32-19-10-18(12-27-13-19)16-4-5-21-17(9-16)6-8-30-22(21)11-24(29-26(30)31)33-14-20-15-34-25-23(35-20)3-2-7-28-25/h2-5,7,9-13,20H,6,8,14-15H2,1H3. The van der Waals surface area contributed by atoms with Crippen molar-refractivity contribution in [3.63, 3.8) is 0 Å². The molecular weight excluding hydrogens is 448 g/mol. The van der Waals surface area contributed by atoms with Crippen molar-refractivity contribution in [3.05, 3.63) is 77.1 Å². The number of pyridine rings is 2. The summed E-state index contributed by atoms with van der Waals surface area (Å²) < 4.78 is 24.4. The highest BCUT2D eigenvalue weighted by atomic mass is 16.6. The van der Waals surface area contributed by atoms with Crippen LogP contribution in [0.3, 0.4) is 0 Å². The van der Waals surface area contributed by atoms with Gasteiger partial charge in [-0.05, 0) is 35.7 Å². The van der Waals surface area contributed by atoms with Crippen LogP contribution in [0.5, 0.6) is 23.3 Å². The molecule has 1 aromatic carbocycles. The van der Waals surface area contributed by atoms with Crippen molar-refractivity contribution in [2.24, 2.45) is 0 Å². The molecule has 1 unspecified atom stereocenters. The lowest BCUT2D eigenvalue weighted by Crippen LogP contribution is -2.35. The molecule has 4 aromatic rings. The molecule has 5 heterocycles. The molecule has 0 aliphatic carbocycles. The Morgan fingerprint density at radius 3 is 3.00 bits per heavy atom. The van der Waals surface area contributed by atoms with E-state index in [1.165, 1.54) is 0 Å². The average Bonchev–Trinajstić information content (AvgIpc) is 2.91. The Morgan fingerprint density at radius 1 is 1.14 bits per heavy atom. The number of methoxy groups -OCH3 is 1. The molecule has 0 fully saturated rings. The van der Waals surface area contributed by atoms with E-state index >= 15 is 0 Å². The number of ether oxygens (including phenoxy) is 4. The van der Waals surface area contributed by atoms with Gasteiger partial charge in [0.15, 0.2) is 11.9 Å². The second-order valence-corrected chi connectivity index (χ2v) is 8.32. The number of rotatable bonds is 5. The molecule has 35 heavy (non-hydrogen) atoms. The van der Waals surface area contributed by atoms with Crippen molar-refractivity contribution in [2.75, 3.05) is 20.3 Å². The minimum absolute atomic E-state index is 0.193. The molecule has 0 amide bonds. The summed E-state index contributed by atoms with van der Waals surface area (Å²) in [5.41, 5.74) is 4.60. The monoisotopic (exact) mass is 470 g/mol. The minimum Gasteiger partial charge on any atom is -0.495 e. The molecule has 6 rings (SSSR count). The lowest BCUT2D eigenvalue weighted by Gasteiger charge is -2.26. The highest BCUT2D eigenvalue weighted by Crippen LogP contribution is 2.34. The van der Waals surface area contributed by atoms with Crippen molar-refractivity contribution < 1.29 is 18.9 Å². The van der Waals surface area contributed by atoms with E-state index in [1.807, 2.05) is 30.5 Å². The lowest BCUT2D eigenvalue weighted by atomic mass is 9.93. The highest BCUT2D eigenvalue weighted by molar-refractivity contribution is 5.73. The number of benzene rings is 1. The minimum atomic E-state index is -0.335. The number of aryl methyl sites for hydroxylation is 1. The zero-order chi connectivity index (χ0) is 23.8. The second-order valence-electron chi connectivity index (χ2n) is 8.32. The molecule has 2 aliphatic rings. The SMILES string of the molecule is COc1cncc(-c2ccc3c(c2)CCn2c-3cc(OCC3COc4ncccc4O3)nc2=O)c1. The lowest BCUT2D eigenvalue weighted by molar-refractivity contribution is 0.0486. The predicted octanol–water partition coefficient (Wildman–Crippen LogP) is 3.15. The number of nitrogens with zero attached hydrogens (tertiary/aromatic N) is 4. The van der Waals surface area contributed by atoms with E-state index in [4.69, 9.17) is 18.9 Å². The molecule has 3 aromatic heterocycles. The first-order valence-corrected chi connectivity index (χ1v) is 11.3. The van der Waals surface area contributed by atoms with Gasteiger partial charge in [-0.25, -0.2) is 9.78 Å². The fourth-order valence-corrected chi connectivity index (χ4v) is 4.37. The van der Waals surface area contributed by atoms with Gasteiger partial charge in [0, 0.05) is 36.1 Å². The maximum absolute atomic E-state index is 12.8. The van der Waals surface area contributed by atoms with Crippen molar-refractivity contribution in [1.82, 2.24) is 19.5 Å². The first-order chi connectivity index (χ1) is 17.2. The Morgan fingerprint density at radius 2 is 2.09 bits per heavy atom. The predicted molar refractivity (Wildman–Crippen MR) is 127 cm³/mol. The quantitative estimate of drug-likeness (QED) is 0.439. The van der Waals surface area contributed by atoms with Gasteiger partial charge in [-0.2, -0.15) is 4.98 Å². The average molecular weight is 470 g/mol. The third kappa shape index (κ3) is 4.05. The van der Waals surface area contributed by atoms with Crippen LogP contribution in [-0.4, -0.2) is 45.9 Å². The Bertz CT molecular complexity index is 1470. The van der Waals surface area contributed by atoms with Gasteiger partial charge in [-0.1, -0.05) is 18.2 Å². The smallest absolute Gasteiger partial charge is 0.351 e. The van der Waals surface area contributed by atoms with Gasteiger partial charge in [0.1, 0.15) is 19.0 Å². The summed E-state index contributed by atoms with van der Waals surface area (Å²) in [6, 6.07) is 13.5. The maximum atomic E-state index is 12.8. The zero-order valence-electron chi connectivity index (χ0n) is 19.0. The second kappa shape index (κ2) is 8.75. The van der Waals surface area contributed by atoms with Crippen LogP contribution >= 0.6 is 0 Å². The van der Waals surface area contributed by atoms with Crippen molar-refractivity contribution in [1.29, 1.82) is 0 Å². The fourth-order valence-electron chi connectivity index (χ4n) is 4.37. The van der Waals surface area contributed by atoms with Gasteiger partial charge in [0.2, 0.25) is 5.88 Å². The van der Waals surface area contributed by atoms with E-state index in [2.05, 4.69) is 21.0 Å². The van der Waals surface area contributed by atoms with Crippen LogP contribution in [0.1, 0.15) is 5.56 Å². The third-order valence-corrected chi connectivity index (χ3v) is 6.11. The van der Waals surface area contributed by atoms with Gasteiger partial charge < -0.3 is 18.9 Å². The topological polar surface area (TPSA) is 97.6 Å². The summed E-state index contributed by atoms with van der Waals surface area (Å²) in [6.07, 6.45) is 5.54. The summed E-state index contributed by atoms with van der Waals surface area (Å²) in [7, 11) is 1.62.